The van der Waals surface area contributed by atoms with Crippen LogP contribution in [0.2, 0.25) is 5.02 Å². The average Bonchev–Trinajstić information content (AvgIpc) is 2.06. The predicted octanol–water partition coefficient (Wildman–Crippen LogP) is 4.46. The third-order valence-electron chi connectivity index (χ3n) is 2.15. The van der Waals surface area contributed by atoms with E-state index in [0.717, 1.165) is 18.4 Å². The molecule has 0 N–H and O–H groups in total. The second-order valence-electron chi connectivity index (χ2n) is 4.81. The summed E-state index contributed by atoms with van der Waals surface area (Å²) < 4.78 is 13.1. The molecule has 0 spiro atoms. The molecule has 0 aliphatic rings. The molecule has 0 bridgehead atoms. The number of benzene rings is 1. The Morgan fingerprint density at radius 1 is 1.29 bits per heavy atom. The molecular formula is C12H16ClF. The molecule has 78 valence electrons. The Hall–Kier alpha value is -0.560. The fraction of sp³-hybridized carbons (Fsp3) is 0.500. The van der Waals surface area contributed by atoms with Crippen LogP contribution in [0.15, 0.2) is 18.2 Å². The van der Waals surface area contributed by atoms with Crippen molar-refractivity contribution in [1.82, 2.24) is 0 Å². The molecule has 0 aliphatic heterocycles. The highest BCUT2D eigenvalue weighted by molar-refractivity contribution is 6.30. The molecule has 0 saturated heterocycles. The van der Waals surface area contributed by atoms with Crippen molar-refractivity contribution in [2.45, 2.75) is 33.6 Å². The van der Waals surface area contributed by atoms with Gasteiger partial charge in [-0.05, 0) is 36.0 Å². The van der Waals surface area contributed by atoms with Crippen LogP contribution in [0.4, 0.5) is 4.39 Å². The molecule has 0 atom stereocenters. The summed E-state index contributed by atoms with van der Waals surface area (Å²) in [5, 5.41) is 0.199. The third kappa shape index (κ3) is 3.67. The summed E-state index contributed by atoms with van der Waals surface area (Å²) in [7, 11) is 0. The summed E-state index contributed by atoms with van der Waals surface area (Å²) >= 11 is 5.60. The summed E-state index contributed by atoms with van der Waals surface area (Å²) in [4.78, 5) is 0. The quantitative estimate of drug-likeness (QED) is 0.682. The summed E-state index contributed by atoms with van der Waals surface area (Å²) in [6.07, 6.45) is 1.95. The highest BCUT2D eigenvalue weighted by Gasteiger charge is 2.10. The first-order valence-corrected chi connectivity index (χ1v) is 5.20. The van der Waals surface area contributed by atoms with Crippen LogP contribution in [0.3, 0.4) is 0 Å². The number of halogens is 2. The normalized spacial score (nSPS) is 11.8. The molecule has 1 aromatic carbocycles. The van der Waals surface area contributed by atoms with Crippen LogP contribution in [0.25, 0.3) is 0 Å². The van der Waals surface area contributed by atoms with Crippen LogP contribution in [0.5, 0.6) is 0 Å². The Morgan fingerprint density at radius 2 is 1.93 bits per heavy atom. The molecular weight excluding hydrogens is 199 g/mol. The standard InChI is InChI=1S/C12H16ClF/c1-12(2,3)7-6-9-4-5-10(13)11(14)8-9/h4-5,8H,6-7H2,1-3H3. The van der Waals surface area contributed by atoms with E-state index in [9.17, 15) is 4.39 Å². The fourth-order valence-electron chi connectivity index (χ4n) is 1.21. The van der Waals surface area contributed by atoms with Crippen LogP contribution < -0.4 is 0 Å². The molecule has 0 radical (unpaired) electrons. The van der Waals surface area contributed by atoms with Gasteiger partial charge in [0.25, 0.3) is 0 Å². The zero-order chi connectivity index (χ0) is 10.8. The van der Waals surface area contributed by atoms with Crippen molar-refractivity contribution < 1.29 is 4.39 Å². The van der Waals surface area contributed by atoms with Crippen LogP contribution in [0, 0.1) is 11.2 Å². The van der Waals surface area contributed by atoms with Crippen molar-refractivity contribution in [2.24, 2.45) is 5.41 Å². The van der Waals surface area contributed by atoms with Gasteiger partial charge in [-0.1, -0.05) is 38.4 Å². The maximum atomic E-state index is 13.1. The lowest BCUT2D eigenvalue weighted by atomic mass is 9.89. The lowest BCUT2D eigenvalue weighted by Gasteiger charge is -2.17. The van der Waals surface area contributed by atoms with Gasteiger partial charge in [0.15, 0.2) is 0 Å². The second kappa shape index (κ2) is 4.31. The van der Waals surface area contributed by atoms with Gasteiger partial charge in [-0.25, -0.2) is 4.39 Å². The first kappa shape index (κ1) is 11.5. The highest BCUT2D eigenvalue weighted by Crippen LogP contribution is 2.23. The number of hydrogen-bond acceptors (Lipinski definition) is 0. The Kier molecular flexibility index (Phi) is 3.54. The van der Waals surface area contributed by atoms with Crippen molar-refractivity contribution in [1.29, 1.82) is 0 Å². The van der Waals surface area contributed by atoms with Crippen molar-refractivity contribution in [2.75, 3.05) is 0 Å². The van der Waals surface area contributed by atoms with Gasteiger partial charge in [0.05, 0.1) is 5.02 Å². The minimum Gasteiger partial charge on any atom is -0.205 e. The third-order valence-corrected chi connectivity index (χ3v) is 2.45. The zero-order valence-corrected chi connectivity index (χ0v) is 9.66. The van der Waals surface area contributed by atoms with Gasteiger partial charge in [0.1, 0.15) is 5.82 Å². The average molecular weight is 215 g/mol. The van der Waals surface area contributed by atoms with E-state index in [2.05, 4.69) is 20.8 Å². The summed E-state index contributed by atoms with van der Waals surface area (Å²) in [5.41, 5.74) is 1.30. The number of hydrogen-bond donors (Lipinski definition) is 0. The molecule has 1 rings (SSSR count). The van der Waals surface area contributed by atoms with Crippen LogP contribution in [-0.4, -0.2) is 0 Å². The van der Waals surface area contributed by atoms with Crippen LogP contribution >= 0.6 is 11.6 Å². The van der Waals surface area contributed by atoms with E-state index < -0.39 is 0 Å². The van der Waals surface area contributed by atoms with E-state index in [1.807, 2.05) is 6.07 Å². The Bertz CT molecular complexity index is 313. The van der Waals surface area contributed by atoms with Gasteiger partial charge in [0.2, 0.25) is 0 Å². The minimum atomic E-state index is -0.321. The van der Waals surface area contributed by atoms with E-state index in [-0.39, 0.29) is 16.3 Å². The molecule has 2 heteroatoms. The maximum Gasteiger partial charge on any atom is 0.142 e. The topological polar surface area (TPSA) is 0 Å². The minimum absolute atomic E-state index is 0.199. The predicted molar refractivity (Wildman–Crippen MR) is 59.2 cm³/mol. The monoisotopic (exact) mass is 214 g/mol. The zero-order valence-electron chi connectivity index (χ0n) is 8.90. The first-order valence-electron chi connectivity index (χ1n) is 4.82. The Morgan fingerprint density at radius 3 is 2.43 bits per heavy atom. The smallest absolute Gasteiger partial charge is 0.142 e. The fourth-order valence-corrected chi connectivity index (χ4v) is 1.33. The molecule has 14 heavy (non-hydrogen) atoms. The molecule has 0 aromatic heterocycles. The molecule has 0 fully saturated rings. The van der Waals surface area contributed by atoms with E-state index in [0.29, 0.717) is 0 Å². The molecule has 1 aromatic rings. The molecule has 0 saturated carbocycles. The van der Waals surface area contributed by atoms with Crippen molar-refractivity contribution in [3.63, 3.8) is 0 Å². The maximum absolute atomic E-state index is 13.1. The SMILES string of the molecule is CC(C)(C)CCc1ccc(Cl)c(F)c1. The van der Waals surface area contributed by atoms with Gasteiger partial charge in [0, 0.05) is 0 Å². The lowest BCUT2D eigenvalue weighted by molar-refractivity contribution is 0.378. The van der Waals surface area contributed by atoms with E-state index in [4.69, 9.17) is 11.6 Å². The van der Waals surface area contributed by atoms with Crippen LogP contribution in [0.1, 0.15) is 32.8 Å². The molecule has 0 heterocycles. The van der Waals surface area contributed by atoms with Crippen LogP contribution in [-0.2, 0) is 6.42 Å². The van der Waals surface area contributed by atoms with E-state index in [1.165, 1.54) is 6.07 Å². The second-order valence-corrected chi connectivity index (χ2v) is 5.22. The summed E-state index contributed by atoms with van der Waals surface area (Å²) in [6.45, 7) is 6.54. The van der Waals surface area contributed by atoms with E-state index in [1.54, 1.807) is 6.07 Å². The van der Waals surface area contributed by atoms with Gasteiger partial charge < -0.3 is 0 Å². The van der Waals surface area contributed by atoms with Gasteiger partial charge in [-0.15, -0.1) is 0 Å². The lowest BCUT2D eigenvalue weighted by Crippen LogP contribution is -2.06. The van der Waals surface area contributed by atoms with Crippen molar-refractivity contribution in [3.05, 3.63) is 34.6 Å². The highest BCUT2D eigenvalue weighted by atomic mass is 35.5. The largest absolute Gasteiger partial charge is 0.205 e. The van der Waals surface area contributed by atoms with Crippen molar-refractivity contribution >= 4 is 11.6 Å². The van der Waals surface area contributed by atoms with Crippen molar-refractivity contribution in [3.8, 4) is 0 Å². The molecule has 0 amide bonds. The Balaban J connectivity index is 2.65. The van der Waals surface area contributed by atoms with Gasteiger partial charge >= 0.3 is 0 Å². The Labute approximate surface area is 90.1 Å². The van der Waals surface area contributed by atoms with Gasteiger partial charge in [-0.3, -0.25) is 0 Å². The summed E-state index contributed by atoms with van der Waals surface area (Å²) in [5.74, 6) is -0.321. The molecule has 0 nitrogen and oxygen atoms in total. The van der Waals surface area contributed by atoms with E-state index >= 15 is 0 Å². The first-order chi connectivity index (χ1) is 6.38. The number of rotatable bonds is 2. The molecule has 0 aliphatic carbocycles. The number of aryl methyl sites for hydroxylation is 1. The summed E-state index contributed by atoms with van der Waals surface area (Å²) in [6, 6.07) is 5.03. The van der Waals surface area contributed by atoms with Gasteiger partial charge in [-0.2, -0.15) is 0 Å². The molecule has 0 unspecified atom stereocenters.